The van der Waals surface area contributed by atoms with Crippen molar-refractivity contribution >= 4 is 51.5 Å². The van der Waals surface area contributed by atoms with Crippen molar-refractivity contribution in [1.82, 2.24) is 14.3 Å². The number of nitrogens with one attached hydrogen (secondary N) is 1. The average molecular weight is 457 g/mol. The van der Waals surface area contributed by atoms with Crippen molar-refractivity contribution in [2.45, 2.75) is 13.3 Å². The summed E-state index contributed by atoms with van der Waals surface area (Å²) in [5.41, 5.74) is 0.00950. The molecule has 0 saturated carbocycles. The van der Waals surface area contributed by atoms with Crippen LogP contribution in [0.1, 0.15) is 19.0 Å². The molecule has 2 aromatic heterocycles. The molecule has 3 rings (SSSR count). The van der Waals surface area contributed by atoms with E-state index in [1.807, 2.05) is 12.3 Å². The topological polar surface area (TPSA) is 66.7 Å². The van der Waals surface area contributed by atoms with E-state index in [1.54, 1.807) is 10.6 Å². The van der Waals surface area contributed by atoms with Gasteiger partial charge in [0.05, 0.1) is 11.4 Å². The van der Waals surface area contributed by atoms with Crippen molar-refractivity contribution in [1.29, 1.82) is 0 Å². The minimum Gasteiger partial charge on any atom is -0.330 e. The highest BCUT2D eigenvalue weighted by Gasteiger charge is 2.19. The van der Waals surface area contributed by atoms with Gasteiger partial charge in [0, 0.05) is 24.2 Å². The zero-order chi connectivity index (χ0) is 21.8. The number of aromatic nitrogens is 2. The quantitative estimate of drug-likeness (QED) is 0.424. The van der Waals surface area contributed by atoms with Gasteiger partial charge in [0.15, 0.2) is 27.6 Å². The van der Waals surface area contributed by atoms with Gasteiger partial charge >= 0.3 is 0 Å². The fourth-order valence-electron chi connectivity index (χ4n) is 2.70. The Bertz CT molecular complexity index is 1130. The predicted molar refractivity (Wildman–Crippen MR) is 109 cm³/mol. The van der Waals surface area contributed by atoms with Crippen molar-refractivity contribution in [2.75, 3.05) is 18.4 Å². The van der Waals surface area contributed by atoms with Gasteiger partial charge in [-0.2, -0.15) is 0 Å². The molecule has 0 spiro atoms. The smallest absolute Gasteiger partial charge is 0.247 e. The lowest BCUT2D eigenvalue weighted by atomic mass is 10.2. The molecule has 30 heavy (non-hydrogen) atoms. The first kappa shape index (κ1) is 21.8. The van der Waals surface area contributed by atoms with E-state index in [1.165, 1.54) is 28.4 Å². The van der Waals surface area contributed by atoms with E-state index in [4.69, 9.17) is 11.6 Å². The van der Waals surface area contributed by atoms with E-state index in [9.17, 15) is 22.8 Å². The Balaban J connectivity index is 1.71. The van der Waals surface area contributed by atoms with Crippen LogP contribution in [-0.4, -0.2) is 39.2 Å². The monoisotopic (exact) mass is 456 g/mol. The molecule has 158 valence electrons. The summed E-state index contributed by atoms with van der Waals surface area (Å²) in [5, 5.41) is 4.21. The predicted octanol–water partition coefficient (Wildman–Crippen LogP) is 4.36. The summed E-state index contributed by atoms with van der Waals surface area (Å²) in [6, 6.07) is 1.61. The van der Waals surface area contributed by atoms with Gasteiger partial charge in [-0.25, -0.2) is 18.2 Å². The Morgan fingerprint density at radius 1 is 1.30 bits per heavy atom. The van der Waals surface area contributed by atoms with Crippen LogP contribution in [0, 0.1) is 17.5 Å². The number of amides is 2. The van der Waals surface area contributed by atoms with Gasteiger partial charge in [0.1, 0.15) is 6.54 Å². The number of thiazole rings is 1. The molecule has 0 aliphatic carbocycles. The first-order chi connectivity index (χ1) is 14.3. The molecular formula is C19H16ClF3N4O2S. The van der Waals surface area contributed by atoms with E-state index < -0.39 is 41.5 Å². The van der Waals surface area contributed by atoms with E-state index in [-0.39, 0.29) is 11.7 Å². The summed E-state index contributed by atoms with van der Waals surface area (Å²) >= 11 is 7.48. The number of halogens is 4. The molecule has 0 unspecified atom stereocenters. The zero-order valence-electron chi connectivity index (χ0n) is 15.7. The van der Waals surface area contributed by atoms with Crippen LogP contribution in [0.3, 0.4) is 0 Å². The molecule has 0 atom stereocenters. The second-order valence-electron chi connectivity index (χ2n) is 6.21. The van der Waals surface area contributed by atoms with Gasteiger partial charge in [-0.1, -0.05) is 18.5 Å². The second-order valence-corrected chi connectivity index (χ2v) is 7.44. The molecule has 6 nitrogen and oxygen atoms in total. The molecular weight excluding hydrogens is 441 g/mol. The SMILES string of the molecule is CCCN(CC(=O)Nc1ccc(F)c(F)c1F)C(=O)/C=C/c1c(Cl)nc2sccn12. The third-order valence-electron chi connectivity index (χ3n) is 4.09. The Morgan fingerprint density at radius 2 is 2.07 bits per heavy atom. The number of carbonyl (C=O) groups excluding carboxylic acids is 2. The largest absolute Gasteiger partial charge is 0.330 e. The molecule has 3 aromatic rings. The number of fused-ring (bicyclic) bond motifs is 1. The van der Waals surface area contributed by atoms with Gasteiger partial charge in [-0.05, 0) is 24.6 Å². The second kappa shape index (κ2) is 9.31. The lowest BCUT2D eigenvalue weighted by Crippen LogP contribution is -2.37. The number of imidazole rings is 1. The normalized spacial score (nSPS) is 11.4. The average Bonchev–Trinajstić information content (AvgIpc) is 3.27. The van der Waals surface area contributed by atoms with Gasteiger partial charge in [-0.15, -0.1) is 11.3 Å². The van der Waals surface area contributed by atoms with Crippen molar-refractivity contribution in [3.8, 4) is 0 Å². The Hall–Kier alpha value is -2.85. The summed E-state index contributed by atoms with van der Waals surface area (Å²) in [7, 11) is 0. The third-order valence-corrected chi connectivity index (χ3v) is 5.12. The molecule has 11 heteroatoms. The van der Waals surface area contributed by atoms with E-state index in [0.29, 0.717) is 23.1 Å². The Labute approximate surface area is 178 Å². The summed E-state index contributed by atoms with van der Waals surface area (Å²) in [6.07, 6.45) is 5.08. The number of anilines is 1. The maximum Gasteiger partial charge on any atom is 0.247 e. The summed E-state index contributed by atoms with van der Waals surface area (Å²) in [4.78, 5) is 30.9. The maximum absolute atomic E-state index is 13.7. The van der Waals surface area contributed by atoms with Crippen LogP contribution in [0.2, 0.25) is 5.15 Å². The number of hydrogen-bond donors (Lipinski definition) is 1. The van der Waals surface area contributed by atoms with E-state index in [0.717, 1.165) is 6.07 Å². The van der Waals surface area contributed by atoms with Crippen molar-refractivity contribution in [3.63, 3.8) is 0 Å². The Morgan fingerprint density at radius 3 is 2.80 bits per heavy atom. The highest BCUT2D eigenvalue weighted by Crippen LogP contribution is 2.22. The fourth-order valence-corrected chi connectivity index (χ4v) is 3.71. The van der Waals surface area contributed by atoms with Crippen LogP contribution in [-0.2, 0) is 9.59 Å². The molecule has 2 amide bonds. The molecule has 0 aliphatic rings. The lowest BCUT2D eigenvalue weighted by molar-refractivity contribution is -0.130. The highest BCUT2D eigenvalue weighted by atomic mass is 35.5. The molecule has 0 bridgehead atoms. The van der Waals surface area contributed by atoms with Crippen LogP contribution < -0.4 is 5.32 Å². The van der Waals surface area contributed by atoms with Gasteiger partial charge in [0.2, 0.25) is 11.8 Å². The summed E-state index contributed by atoms with van der Waals surface area (Å²) in [5.74, 6) is -5.78. The van der Waals surface area contributed by atoms with E-state index in [2.05, 4.69) is 10.3 Å². The minimum atomic E-state index is -1.69. The van der Waals surface area contributed by atoms with E-state index >= 15 is 0 Å². The van der Waals surface area contributed by atoms with Crippen molar-refractivity contribution in [3.05, 3.63) is 58.1 Å². The van der Waals surface area contributed by atoms with Crippen LogP contribution in [0.5, 0.6) is 0 Å². The number of carbonyl (C=O) groups is 2. The maximum atomic E-state index is 13.7. The van der Waals surface area contributed by atoms with Gasteiger partial charge in [0.25, 0.3) is 0 Å². The molecule has 0 fully saturated rings. The standard InChI is InChI=1S/C19H16ClF3N4O2S/c1-2-7-26(10-14(28)24-12-4-3-11(21)16(22)17(12)23)15(29)6-5-13-18(20)25-19-27(13)8-9-30-19/h3-6,8-9H,2,7,10H2,1H3,(H,24,28)/b6-5+. The number of hydrogen-bond acceptors (Lipinski definition) is 4. The molecule has 2 heterocycles. The first-order valence-electron chi connectivity index (χ1n) is 8.83. The van der Waals surface area contributed by atoms with Gasteiger partial charge in [-0.3, -0.25) is 14.0 Å². The van der Waals surface area contributed by atoms with Crippen LogP contribution in [0.4, 0.5) is 18.9 Å². The number of benzene rings is 1. The third kappa shape index (κ3) is 4.65. The first-order valence-corrected chi connectivity index (χ1v) is 10.1. The van der Waals surface area contributed by atoms with Crippen molar-refractivity contribution < 1.29 is 22.8 Å². The van der Waals surface area contributed by atoms with Crippen molar-refractivity contribution in [2.24, 2.45) is 0 Å². The number of nitrogens with zero attached hydrogens (tertiary/aromatic N) is 3. The van der Waals surface area contributed by atoms with Crippen LogP contribution in [0.25, 0.3) is 11.0 Å². The Kier molecular flexibility index (Phi) is 6.78. The summed E-state index contributed by atoms with van der Waals surface area (Å²) < 4.78 is 41.8. The molecule has 1 aromatic carbocycles. The van der Waals surface area contributed by atoms with Crippen LogP contribution >= 0.6 is 22.9 Å². The zero-order valence-corrected chi connectivity index (χ0v) is 17.2. The highest BCUT2D eigenvalue weighted by molar-refractivity contribution is 7.15. The minimum absolute atomic E-state index is 0.236. The lowest BCUT2D eigenvalue weighted by Gasteiger charge is -2.20. The molecule has 0 aliphatic heterocycles. The summed E-state index contributed by atoms with van der Waals surface area (Å²) in [6.45, 7) is 1.67. The van der Waals surface area contributed by atoms with Crippen LogP contribution in [0.15, 0.2) is 29.8 Å². The molecule has 0 saturated heterocycles. The fraction of sp³-hybridized carbons (Fsp3) is 0.211. The molecule has 0 radical (unpaired) electrons. The molecule has 1 N–H and O–H groups in total. The van der Waals surface area contributed by atoms with Gasteiger partial charge < -0.3 is 10.2 Å². The number of rotatable bonds is 7.